The van der Waals surface area contributed by atoms with Crippen LogP contribution < -0.4 is 0 Å². The fraction of sp³-hybridized carbons (Fsp3) is 0.200. The molecule has 1 atom stereocenters. The molecule has 2 rings (SSSR count). The number of hydrogen-bond acceptors (Lipinski definition) is 1. The number of aliphatic hydroxyl groups excluding tert-OH is 1. The van der Waals surface area contributed by atoms with Gasteiger partial charge in [-0.05, 0) is 47.9 Å². The Bertz CT molecular complexity index is 574. The summed E-state index contributed by atoms with van der Waals surface area (Å²) in [5.41, 5.74) is 1.65. The molecule has 1 unspecified atom stereocenters. The van der Waals surface area contributed by atoms with E-state index in [0.29, 0.717) is 23.4 Å². The van der Waals surface area contributed by atoms with Gasteiger partial charge in [-0.2, -0.15) is 0 Å². The van der Waals surface area contributed by atoms with Gasteiger partial charge >= 0.3 is 0 Å². The Hall–Kier alpha value is -0.900. The van der Waals surface area contributed by atoms with Crippen molar-refractivity contribution in [2.75, 3.05) is 0 Å². The molecule has 0 aliphatic heterocycles. The molecule has 100 valence electrons. The first-order valence-electron chi connectivity index (χ1n) is 5.91. The Morgan fingerprint density at radius 2 is 1.95 bits per heavy atom. The predicted octanol–water partition coefficient (Wildman–Crippen LogP) is 4.39. The molecule has 19 heavy (non-hydrogen) atoms. The summed E-state index contributed by atoms with van der Waals surface area (Å²) in [5.74, 6) is -0.339. The number of rotatable bonds is 4. The quantitative estimate of drug-likeness (QED) is 0.873. The monoisotopic (exact) mass is 342 g/mol. The molecule has 2 aromatic carbocycles. The Morgan fingerprint density at radius 1 is 1.16 bits per heavy atom. The zero-order chi connectivity index (χ0) is 13.8. The van der Waals surface area contributed by atoms with E-state index >= 15 is 0 Å². The van der Waals surface area contributed by atoms with Crippen molar-refractivity contribution >= 4 is 27.5 Å². The molecule has 0 saturated carbocycles. The van der Waals surface area contributed by atoms with Gasteiger partial charge in [-0.25, -0.2) is 4.39 Å². The second kappa shape index (κ2) is 6.51. The van der Waals surface area contributed by atoms with Crippen molar-refractivity contribution in [2.24, 2.45) is 0 Å². The lowest BCUT2D eigenvalue weighted by Gasteiger charge is -2.12. The molecular weight excluding hydrogens is 331 g/mol. The average molecular weight is 344 g/mol. The van der Waals surface area contributed by atoms with Crippen LogP contribution in [-0.2, 0) is 12.8 Å². The van der Waals surface area contributed by atoms with Crippen LogP contribution in [0.3, 0.4) is 0 Å². The molecule has 0 aliphatic carbocycles. The lowest BCUT2D eigenvalue weighted by atomic mass is 10.0. The predicted molar refractivity (Wildman–Crippen MR) is 79.0 cm³/mol. The van der Waals surface area contributed by atoms with E-state index in [4.69, 9.17) is 11.6 Å². The molecule has 4 heteroatoms. The van der Waals surface area contributed by atoms with Gasteiger partial charge in [0.15, 0.2) is 0 Å². The third kappa shape index (κ3) is 4.30. The zero-order valence-electron chi connectivity index (χ0n) is 10.1. The number of halogens is 3. The van der Waals surface area contributed by atoms with E-state index in [1.54, 1.807) is 0 Å². The van der Waals surface area contributed by atoms with Crippen molar-refractivity contribution in [2.45, 2.75) is 18.9 Å². The minimum atomic E-state index is -0.589. The second-order valence-corrected chi connectivity index (χ2v) is 5.75. The third-order valence-corrected chi connectivity index (χ3v) is 3.69. The molecule has 0 aliphatic rings. The van der Waals surface area contributed by atoms with Gasteiger partial charge in [0.2, 0.25) is 0 Å². The Morgan fingerprint density at radius 3 is 2.68 bits per heavy atom. The molecule has 0 bridgehead atoms. The van der Waals surface area contributed by atoms with Gasteiger partial charge in [0.05, 0.1) is 6.10 Å². The molecule has 0 radical (unpaired) electrons. The molecule has 0 aromatic heterocycles. The van der Waals surface area contributed by atoms with Gasteiger partial charge < -0.3 is 5.11 Å². The van der Waals surface area contributed by atoms with Gasteiger partial charge in [-0.3, -0.25) is 0 Å². The summed E-state index contributed by atoms with van der Waals surface area (Å²) in [6.45, 7) is 0. The van der Waals surface area contributed by atoms with Crippen molar-refractivity contribution in [3.63, 3.8) is 0 Å². The van der Waals surface area contributed by atoms with E-state index in [9.17, 15) is 9.50 Å². The van der Waals surface area contributed by atoms with Crippen LogP contribution in [0.1, 0.15) is 11.1 Å². The zero-order valence-corrected chi connectivity index (χ0v) is 12.5. The first-order valence-corrected chi connectivity index (χ1v) is 7.08. The number of aliphatic hydroxyl groups is 1. The van der Waals surface area contributed by atoms with E-state index in [-0.39, 0.29) is 5.82 Å². The van der Waals surface area contributed by atoms with Gasteiger partial charge in [0.25, 0.3) is 0 Å². The molecular formula is C15H13BrClFO. The minimum Gasteiger partial charge on any atom is -0.392 e. The Balaban J connectivity index is 2.05. The topological polar surface area (TPSA) is 20.2 Å². The van der Waals surface area contributed by atoms with Gasteiger partial charge in [-0.1, -0.05) is 39.7 Å². The van der Waals surface area contributed by atoms with E-state index in [2.05, 4.69) is 15.9 Å². The van der Waals surface area contributed by atoms with Crippen LogP contribution in [0.2, 0.25) is 5.02 Å². The first-order chi connectivity index (χ1) is 9.04. The van der Waals surface area contributed by atoms with Crippen LogP contribution in [0, 0.1) is 5.82 Å². The summed E-state index contributed by atoms with van der Waals surface area (Å²) in [5, 5.41) is 10.5. The summed E-state index contributed by atoms with van der Waals surface area (Å²) in [7, 11) is 0. The molecule has 0 spiro atoms. The standard InChI is InChI=1S/C15H13BrClFO/c16-12-3-1-2-10(6-12)7-14(19)9-11-8-13(18)4-5-15(11)17/h1-6,8,14,19H,7,9H2. The highest BCUT2D eigenvalue weighted by Crippen LogP contribution is 2.20. The maximum absolute atomic E-state index is 13.1. The highest BCUT2D eigenvalue weighted by atomic mass is 79.9. The molecule has 0 amide bonds. The lowest BCUT2D eigenvalue weighted by molar-refractivity contribution is 0.175. The SMILES string of the molecule is OC(Cc1cccc(Br)c1)Cc1cc(F)ccc1Cl. The molecule has 2 aromatic rings. The van der Waals surface area contributed by atoms with Gasteiger partial charge in [0, 0.05) is 15.9 Å². The van der Waals surface area contributed by atoms with Crippen molar-refractivity contribution < 1.29 is 9.50 Å². The fourth-order valence-corrected chi connectivity index (χ4v) is 2.60. The van der Waals surface area contributed by atoms with Gasteiger partial charge in [0.1, 0.15) is 5.82 Å². The minimum absolute atomic E-state index is 0.336. The van der Waals surface area contributed by atoms with Gasteiger partial charge in [-0.15, -0.1) is 0 Å². The van der Waals surface area contributed by atoms with Crippen LogP contribution >= 0.6 is 27.5 Å². The van der Waals surface area contributed by atoms with Crippen LogP contribution in [0.5, 0.6) is 0 Å². The second-order valence-electron chi connectivity index (χ2n) is 4.43. The molecule has 1 nitrogen and oxygen atoms in total. The van der Waals surface area contributed by atoms with Crippen molar-refractivity contribution in [3.8, 4) is 0 Å². The smallest absolute Gasteiger partial charge is 0.123 e. The normalized spacial score (nSPS) is 12.4. The summed E-state index contributed by atoms with van der Waals surface area (Å²) >= 11 is 9.37. The average Bonchev–Trinajstić information content (AvgIpc) is 2.34. The molecule has 0 fully saturated rings. The van der Waals surface area contributed by atoms with Crippen molar-refractivity contribution in [3.05, 3.63) is 68.9 Å². The highest BCUT2D eigenvalue weighted by molar-refractivity contribution is 9.10. The van der Waals surface area contributed by atoms with E-state index < -0.39 is 6.10 Å². The molecule has 0 heterocycles. The van der Waals surface area contributed by atoms with Crippen LogP contribution in [0.4, 0.5) is 4.39 Å². The summed E-state index contributed by atoms with van der Waals surface area (Å²) in [4.78, 5) is 0. The van der Waals surface area contributed by atoms with Crippen molar-refractivity contribution in [1.82, 2.24) is 0 Å². The largest absolute Gasteiger partial charge is 0.392 e. The number of benzene rings is 2. The van der Waals surface area contributed by atoms with Crippen LogP contribution in [-0.4, -0.2) is 11.2 Å². The first kappa shape index (κ1) is 14.5. The van der Waals surface area contributed by atoms with Crippen LogP contribution in [0.25, 0.3) is 0 Å². The lowest BCUT2D eigenvalue weighted by Crippen LogP contribution is -2.14. The fourth-order valence-electron chi connectivity index (χ4n) is 1.96. The maximum Gasteiger partial charge on any atom is 0.123 e. The Labute approximate surface area is 125 Å². The Kier molecular flexibility index (Phi) is 4.97. The van der Waals surface area contributed by atoms with Crippen molar-refractivity contribution in [1.29, 1.82) is 0 Å². The van der Waals surface area contributed by atoms with E-state index in [0.717, 1.165) is 10.0 Å². The third-order valence-electron chi connectivity index (χ3n) is 2.82. The summed E-state index contributed by atoms with van der Waals surface area (Å²) in [6.07, 6.45) is 0.253. The molecule has 0 saturated heterocycles. The summed E-state index contributed by atoms with van der Waals surface area (Å²) < 4.78 is 14.1. The summed E-state index contributed by atoms with van der Waals surface area (Å²) in [6, 6.07) is 11.9. The molecule has 1 N–H and O–H groups in total. The van der Waals surface area contributed by atoms with E-state index in [1.165, 1.54) is 18.2 Å². The van der Waals surface area contributed by atoms with Crippen LogP contribution in [0.15, 0.2) is 46.9 Å². The van der Waals surface area contributed by atoms with E-state index in [1.807, 2.05) is 24.3 Å². The number of hydrogen-bond donors (Lipinski definition) is 1. The highest BCUT2D eigenvalue weighted by Gasteiger charge is 2.10. The maximum atomic E-state index is 13.1.